The maximum absolute atomic E-state index is 12.0. The summed E-state index contributed by atoms with van der Waals surface area (Å²) in [4.78, 5) is 22.2. The van der Waals surface area contributed by atoms with Gasteiger partial charge in [-0.3, -0.25) is 14.9 Å². The van der Waals surface area contributed by atoms with Gasteiger partial charge in [-0.2, -0.15) is 0 Å². The van der Waals surface area contributed by atoms with Crippen LogP contribution in [-0.4, -0.2) is 23.0 Å². The summed E-state index contributed by atoms with van der Waals surface area (Å²) in [6, 6.07) is 13.2. The van der Waals surface area contributed by atoms with E-state index in [-0.39, 0.29) is 17.2 Å². The number of carbonyl (C=O) groups is 1. The van der Waals surface area contributed by atoms with Gasteiger partial charge in [0, 0.05) is 24.8 Å². The van der Waals surface area contributed by atoms with E-state index in [2.05, 4.69) is 5.32 Å². The van der Waals surface area contributed by atoms with Crippen LogP contribution in [0.4, 0.5) is 5.69 Å². The van der Waals surface area contributed by atoms with Crippen molar-refractivity contribution in [1.29, 1.82) is 0 Å². The van der Waals surface area contributed by atoms with Crippen LogP contribution >= 0.6 is 0 Å². The fraction of sp³-hybridized carbons (Fsp3) is 0.133. The van der Waals surface area contributed by atoms with Crippen molar-refractivity contribution in [3.05, 3.63) is 69.8 Å². The van der Waals surface area contributed by atoms with Gasteiger partial charge >= 0.3 is 0 Å². The SMILES string of the molecule is CO.O=C1NC(c2ccccc2)Oc2ccc([N+](=O)[O-])cc21. The third-order valence-corrected chi connectivity index (χ3v) is 3.03. The lowest BCUT2D eigenvalue weighted by atomic mass is 10.1. The van der Waals surface area contributed by atoms with Gasteiger partial charge < -0.3 is 15.2 Å². The Labute approximate surface area is 126 Å². The number of fused-ring (bicyclic) bond motifs is 1. The first kappa shape index (κ1) is 15.5. The highest BCUT2D eigenvalue weighted by Crippen LogP contribution is 2.31. The van der Waals surface area contributed by atoms with Crippen molar-refractivity contribution in [2.75, 3.05) is 7.11 Å². The molecule has 0 aromatic heterocycles. The molecular formula is C15H14N2O5. The number of aliphatic hydroxyl groups is 1. The van der Waals surface area contributed by atoms with Crippen LogP contribution < -0.4 is 10.1 Å². The van der Waals surface area contributed by atoms with Crippen LogP contribution in [-0.2, 0) is 0 Å². The van der Waals surface area contributed by atoms with Gasteiger partial charge in [-0.05, 0) is 6.07 Å². The summed E-state index contributed by atoms with van der Waals surface area (Å²) < 4.78 is 5.67. The fourth-order valence-electron chi connectivity index (χ4n) is 2.04. The van der Waals surface area contributed by atoms with E-state index in [1.165, 1.54) is 18.2 Å². The Hall–Kier alpha value is -2.93. The number of non-ortho nitro benzene ring substituents is 1. The summed E-state index contributed by atoms with van der Waals surface area (Å²) in [5.41, 5.74) is 0.844. The maximum Gasteiger partial charge on any atom is 0.270 e. The van der Waals surface area contributed by atoms with Crippen LogP contribution in [0.2, 0.25) is 0 Å². The van der Waals surface area contributed by atoms with E-state index in [0.717, 1.165) is 12.7 Å². The molecule has 2 aromatic rings. The Balaban J connectivity index is 0.000000847. The van der Waals surface area contributed by atoms with Crippen LogP contribution in [0.3, 0.4) is 0 Å². The second-order valence-corrected chi connectivity index (χ2v) is 4.32. The zero-order chi connectivity index (χ0) is 16.1. The molecule has 0 fully saturated rings. The smallest absolute Gasteiger partial charge is 0.270 e. The molecule has 0 saturated carbocycles. The first-order valence-corrected chi connectivity index (χ1v) is 6.41. The van der Waals surface area contributed by atoms with Crippen molar-refractivity contribution in [2.24, 2.45) is 0 Å². The minimum absolute atomic E-state index is 0.138. The van der Waals surface area contributed by atoms with Crippen LogP contribution in [0.1, 0.15) is 22.1 Å². The van der Waals surface area contributed by atoms with E-state index in [0.29, 0.717) is 5.75 Å². The van der Waals surface area contributed by atoms with Crippen LogP contribution in [0, 0.1) is 10.1 Å². The number of nitrogens with zero attached hydrogens (tertiary/aromatic N) is 1. The Kier molecular flexibility index (Phi) is 4.70. The summed E-state index contributed by atoms with van der Waals surface area (Å²) in [6.07, 6.45) is -0.586. The van der Waals surface area contributed by atoms with E-state index in [4.69, 9.17) is 9.84 Å². The lowest BCUT2D eigenvalue weighted by molar-refractivity contribution is -0.384. The van der Waals surface area contributed by atoms with Crippen molar-refractivity contribution in [3.8, 4) is 5.75 Å². The van der Waals surface area contributed by atoms with Gasteiger partial charge in [0.1, 0.15) is 5.75 Å². The molecule has 0 radical (unpaired) electrons. The van der Waals surface area contributed by atoms with E-state index in [9.17, 15) is 14.9 Å². The number of benzene rings is 2. The van der Waals surface area contributed by atoms with Gasteiger partial charge in [0.15, 0.2) is 6.23 Å². The molecule has 1 atom stereocenters. The van der Waals surface area contributed by atoms with Crippen LogP contribution in [0.15, 0.2) is 48.5 Å². The molecule has 0 saturated heterocycles. The molecule has 1 aliphatic rings. The predicted octanol–water partition coefficient (Wildman–Crippen LogP) is 2.02. The fourth-order valence-corrected chi connectivity index (χ4v) is 2.04. The molecule has 7 nitrogen and oxygen atoms in total. The van der Waals surface area contributed by atoms with E-state index in [1.807, 2.05) is 30.3 Å². The molecule has 0 bridgehead atoms. The van der Waals surface area contributed by atoms with Crippen molar-refractivity contribution in [2.45, 2.75) is 6.23 Å². The van der Waals surface area contributed by atoms with E-state index >= 15 is 0 Å². The molecule has 0 spiro atoms. The molecule has 1 heterocycles. The number of carbonyl (C=O) groups excluding carboxylic acids is 1. The molecule has 2 N–H and O–H groups in total. The zero-order valence-electron chi connectivity index (χ0n) is 11.7. The largest absolute Gasteiger partial charge is 0.466 e. The summed E-state index contributed by atoms with van der Waals surface area (Å²) in [7, 11) is 1.00. The predicted molar refractivity (Wildman–Crippen MR) is 78.5 cm³/mol. The average Bonchev–Trinajstić information content (AvgIpc) is 2.57. The van der Waals surface area contributed by atoms with Gasteiger partial charge in [0.25, 0.3) is 11.6 Å². The van der Waals surface area contributed by atoms with Gasteiger partial charge in [-0.25, -0.2) is 0 Å². The summed E-state index contributed by atoms with van der Waals surface area (Å²) in [6.45, 7) is 0. The Morgan fingerprint density at radius 2 is 1.86 bits per heavy atom. The molecule has 1 amide bonds. The second kappa shape index (κ2) is 6.68. The first-order chi connectivity index (χ1) is 10.6. The van der Waals surface area contributed by atoms with E-state index in [1.54, 1.807) is 0 Å². The molecule has 22 heavy (non-hydrogen) atoms. The van der Waals surface area contributed by atoms with Gasteiger partial charge in [-0.1, -0.05) is 30.3 Å². The van der Waals surface area contributed by atoms with Crippen LogP contribution in [0.5, 0.6) is 5.75 Å². The number of nitro groups is 1. The number of hydrogen-bond donors (Lipinski definition) is 2. The summed E-state index contributed by atoms with van der Waals surface area (Å²) in [5, 5.41) is 20.4. The monoisotopic (exact) mass is 302 g/mol. The highest BCUT2D eigenvalue weighted by Gasteiger charge is 2.28. The normalized spacial score (nSPS) is 15.5. The number of nitro benzene ring substituents is 1. The third-order valence-electron chi connectivity index (χ3n) is 3.03. The number of hydrogen-bond acceptors (Lipinski definition) is 5. The minimum atomic E-state index is -0.586. The van der Waals surface area contributed by atoms with Gasteiger partial charge in [0.2, 0.25) is 0 Å². The Morgan fingerprint density at radius 3 is 2.50 bits per heavy atom. The van der Waals surface area contributed by atoms with Crippen LogP contribution in [0.25, 0.3) is 0 Å². The highest BCUT2D eigenvalue weighted by atomic mass is 16.6. The van der Waals surface area contributed by atoms with Gasteiger partial charge in [0.05, 0.1) is 10.5 Å². The summed E-state index contributed by atoms with van der Waals surface area (Å²) >= 11 is 0. The number of nitrogens with one attached hydrogen (secondary N) is 1. The minimum Gasteiger partial charge on any atom is -0.466 e. The lowest BCUT2D eigenvalue weighted by Crippen LogP contribution is -2.36. The Bertz CT molecular complexity index is 688. The topological polar surface area (TPSA) is 102 Å². The molecular weight excluding hydrogens is 288 g/mol. The number of amides is 1. The van der Waals surface area contributed by atoms with Crippen molar-refractivity contribution in [1.82, 2.24) is 5.32 Å². The maximum atomic E-state index is 12.0. The van der Waals surface area contributed by atoms with Crippen molar-refractivity contribution < 1.29 is 19.6 Å². The number of ether oxygens (including phenoxy) is 1. The lowest BCUT2D eigenvalue weighted by Gasteiger charge is -2.26. The third kappa shape index (κ3) is 3.04. The van der Waals surface area contributed by atoms with Crippen molar-refractivity contribution in [3.63, 3.8) is 0 Å². The Morgan fingerprint density at radius 1 is 1.18 bits per heavy atom. The van der Waals surface area contributed by atoms with Gasteiger partial charge in [-0.15, -0.1) is 0 Å². The zero-order valence-corrected chi connectivity index (χ0v) is 11.7. The summed E-state index contributed by atoms with van der Waals surface area (Å²) in [5.74, 6) is -0.0444. The first-order valence-electron chi connectivity index (χ1n) is 6.41. The molecule has 1 unspecified atom stereocenters. The highest BCUT2D eigenvalue weighted by molar-refractivity contribution is 5.98. The average molecular weight is 302 g/mol. The number of aliphatic hydroxyl groups excluding tert-OH is 1. The van der Waals surface area contributed by atoms with Crippen molar-refractivity contribution >= 4 is 11.6 Å². The molecule has 1 aliphatic heterocycles. The molecule has 3 rings (SSSR count). The number of rotatable bonds is 2. The standard InChI is InChI=1S/C14H10N2O4.CH4O/c17-13-11-8-10(16(18)19)6-7-12(11)20-14(15-13)9-4-2-1-3-5-9;1-2/h1-8,14H,(H,15,17);2H,1H3. The second-order valence-electron chi connectivity index (χ2n) is 4.32. The molecule has 114 valence electrons. The van der Waals surface area contributed by atoms with E-state index < -0.39 is 11.2 Å². The quantitative estimate of drug-likeness (QED) is 0.652. The molecule has 2 aromatic carbocycles. The molecule has 0 aliphatic carbocycles. The molecule has 7 heteroatoms.